The molecule has 4 nitrogen and oxygen atoms in total. The minimum Gasteiger partial charge on any atom is -0.479 e. The van der Waals surface area contributed by atoms with Crippen LogP contribution in [0.4, 0.5) is 0 Å². The van der Waals surface area contributed by atoms with Crippen LogP contribution in [0.25, 0.3) is 0 Å². The molecule has 0 saturated carbocycles. The summed E-state index contributed by atoms with van der Waals surface area (Å²) in [6.07, 6.45) is -1.03. The molecule has 2 unspecified atom stereocenters. The van der Waals surface area contributed by atoms with Gasteiger partial charge in [0.25, 0.3) is 0 Å². The maximum atomic E-state index is 10.7. The Bertz CT molecular complexity index is 257. The van der Waals surface area contributed by atoms with Crippen molar-refractivity contribution in [3.63, 3.8) is 0 Å². The van der Waals surface area contributed by atoms with E-state index >= 15 is 0 Å². The Morgan fingerprint density at radius 1 is 1.47 bits per heavy atom. The van der Waals surface area contributed by atoms with Crippen molar-refractivity contribution in [1.29, 1.82) is 0 Å². The molecule has 0 aliphatic carbocycles. The molecule has 1 aliphatic heterocycles. The minimum absolute atomic E-state index is 0.103. The number of hydrogen-bond acceptors (Lipinski definition) is 3. The molecule has 5 heteroatoms. The highest BCUT2D eigenvalue weighted by atomic mass is 28.4. The summed E-state index contributed by atoms with van der Waals surface area (Å²) < 4.78 is 10.9. The number of hydrogen-bond donors (Lipinski definition) is 1. The van der Waals surface area contributed by atoms with E-state index in [0.29, 0.717) is 6.61 Å². The molecule has 2 atom stereocenters. The molecule has 1 fully saturated rings. The Morgan fingerprint density at radius 2 is 2.00 bits per heavy atom. The van der Waals surface area contributed by atoms with Crippen molar-refractivity contribution in [2.75, 3.05) is 6.61 Å². The molecular weight excluding hydrogens is 212 g/mol. The monoisotopic (exact) mass is 232 g/mol. The molecule has 1 heterocycles. The predicted octanol–water partition coefficient (Wildman–Crippen LogP) is 1.86. The van der Waals surface area contributed by atoms with Crippen LogP contribution >= 0.6 is 0 Å². The highest BCUT2D eigenvalue weighted by Gasteiger charge is 2.46. The lowest BCUT2D eigenvalue weighted by molar-refractivity contribution is -0.190. The standard InChI is InChI=1S/C10H20O4Si/c1-10(2,3)15(4,5)14-7-6-13-8(7)9(11)12/h7-8H,6H2,1-5H3,(H,11,12). The van der Waals surface area contributed by atoms with Gasteiger partial charge in [0.05, 0.1) is 6.61 Å². The number of ether oxygens (including phenoxy) is 1. The molecule has 0 aromatic carbocycles. The average Bonchev–Trinajstić information content (AvgIpc) is 1.94. The van der Waals surface area contributed by atoms with Crippen LogP contribution in [0.5, 0.6) is 0 Å². The summed E-state index contributed by atoms with van der Waals surface area (Å²) >= 11 is 0. The molecule has 0 spiro atoms. The van der Waals surface area contributed by atoms with Crippen LogP contribution < -0.4 is 0 Å². The number of rotatable bonds is 3. The number of carboxylic acid groups (broad SMARTS) is 1. The van der Waals surface area contributed by atoms with E-state index < -0.39 is 20.4 Å². The lowest BCUT2D eigenvalue weighted by Crippen LogP contribution is -2.57. The van der Waals surface area contributed by atoms with Crippen LogP contribution in [0, 0.1) is 0 Å². The smallest absolute Gasteiger partial charge is 0.335 e. The molecule has 1 N–H and O–H groups in total. The molecule has 1 rings (SSSR count). The van der Waals surface area contributed by atoms with E-state index in [1.807, 2.05) is 0 Å². The summed E-state index contributed by atoms with van der Waals surface area (Å²) in [5, 5.41) is 8.92. The third-order valence-electron chi connectivity index (χ3n) is 3.27. The molecule has 0 bridgehead atoms. The van der Waals surface area contributed by atoms with Gasteiger partial charge in [0.1, 0.15) is 6.10 Å². The average molecular weight is 232 g/mol. The molecule has 0 radical (unpaired) electrons. The van der Waals surface area contributed by atoms with E-state index in [0.717, 1.165) is 0 Å². The maximum absolute atomic E-state index is 10.7. The van der Waals surface area contributed by atoms with Gasteiger partial charge in [0, 0.05) is 0 Å². The van der Waals surface area contributed by atoms with Gasteiger partial charge in [-0.3, -0.25) is 0 Å². The van der Waals surface area contributed by atoms with Crippen LogP contribution in [-0.4, -0.2) is 38.2 Å². The van der Waals surface area contributed by atoms with Gasteiger partial charge in [-0.05, 0) is 18.1 Å². The maximum Gasteiger partial charge on any atom is 0.335 e. The van der Waals surface area contributed by atoms with Crippen LogP contribution in [-0.2, 0) is 14.0 Å². The SMILES string of the molecule is CC(C)(C)[Si](C)(C)OC1COC1C(=O)O. The van der Waals surface area contributed by atoms with Gasteiger partial charge in [-0.2, -0.15) is 0 Å². The zero-order chi connectivity index (χ0) is 11.9. The van der Waals surface area contributed by atoms with E-state index in [1.165, 1.54) is 0 Å². The van der Waals surface area contributed by atoms with Crippen molar-refractivity contribution in [2.45, 2.75) is 51.1 Å². The fraction of sp³-hybridized carbons (Fsp3) is 0.900. The summed E-state index contributed by atoms with van der Waals surface area (Å²) in [5.41, 5.74) is 0. The predicted molar refractivity (Wildman–Crippen MR) is 59.4 cm³/mol. The molecular formula is C10H20O4Si. The van der Waals surface area contributed by atoms with Crippen molar-refractivity contribution in [3.05, 3.63) is 0 Å². The molecule has 0 aromatic rings. The number of carbonyl (C=O) groups is 1. The lowest BCUT2D eigenvalue weighted by atomic mass is 10.1. The Labute approximate surface area is 91.7 Å². The van der Waals surface area contributed by atoms with E-state index in [1.54, 1.807) is 0 Å². The van der Waals surface area contributed by atoms with Gasteiger partial charge in [-0.25, -0.2) is 4.79 Å². The van der Waals surface area contributed by atoms with E-state index in [4.69, 9.17) is 14.3 Å². The van der Waals surface area contributed by atoms with Gasteiger partial charge in [-0.15, -0.1) is 0 Å². The lowest BCUT2D eigenvalue weighted by Gasteiger charge is -2.44. The topological polar surface area (TPSA) is 55.8 Å². The van der Waals surface area contributed by atoms with E-state index in [2.05, 4.69) is 33.9 Å². The van der Waals surface area contributed by atoms with Gasteiger partial charge in [0.2, 0.25) is 0 Å². The van der Waals surface area contributed by atoms with Crippen LogP contribution in [0.15, 0.2) is 0 Å². The van der Waals surface area contributed by atoms with Gasteiger partial charge in [-0.1, -0.05) is 20.8 Å². The fourth-order valence-electron chi connectivity index (χ4n) is 1.15. The molecule has 15 heavy (non-hydrogen) atoms. The zero-order valence-corrected chi connectivity index (χ0v) is 11.0. The molecule has 0 amide bonds. The van der Waals surface area contributed by atoms with Gasteiger partial charge >= 0.3 is 5.97 Å². The molecule has 88 valence electrons. The quantitative estimate of drug-likeness (QED) is 0.755. The number of carboxylic acids is 1. The van der Waals surface area contributed by atoms with E-state index in [-0.39, 0.29) is 11.1 Å². The molecule has 1 aliphatic rings. The largest absolute Gasteiger partial charge is 0.479 e. The first-order chi connectivity index (χ1) is 6.65. The molecule has 1 saturated heterocycles. The Kier molecular flexibility index (Phi) is 3.28. The second-order valence-corrected chi connectivity index (χ2v) is 10.3. The van der Waals surface area contributed by atoms with E-state index in [9.17, 15) is 4.79 Å². The van der Waals surface area contributed by atoms with Crippen LogP contribution in [0.2, 0.25) is 18.1 Å². The summed E-state index contributed by atoms with van der Waals surface area (Å²) in [6.45, 7) is 11.0. The normalized spacial score (nSPS) is 27.3. The molecule has 0 aromatic heterocycles. The number of aliphatic carboxylic acids is 1. The highest BCUT2D eigenvalue weighted by molar-refractivity contribution is 6.74. The van der Waals surface area contributed by atoms with Crippen molar-refractivity contribution in [2.24, 2.45) is 0 Å². The van der Waals surface area contributed by atoms with Crippen molar-refractivity contribution < 1.29 is 19.1 Å². The Hall–Kier alpha value is -0.393. The third kappa shape index (κ3) is 2.59. The summed E-state index contributed by atoms with van der Waals surface area (Å²) in [5.74, 6) is -0.926. The van der Waals surface area contributed by atoms with Crippen molar-refractivity contribution in [3.8, 4) is 0 Å². The second-order valence-electron chi connectivity index (χ2n) is 5.51. The Morgan fingerprint density at radius 3 is 2.27 bits per heavy atom. The van der Waals surface area contributed by atoms with Gasteiger partial charge in [0.15, 0.2) is 14.4 Å². The van der Waals surface area contributed by atoms with Gasteiger partial charge < -0.3 is 14.3 Å². The summed E-state index contributed by atoms with van der Waals surface area (Å²) in [7, 11) is -1.87. The second kappa shape index (κ2) is 3.88. The first kappa shape index (κ1) is 12.7. The zero-order valence-electron chi connectivity index (χ0n) is 10.0. The Balaban J connectivity index is 2.59. The highest BCUT2D eigenvalue weighted by Crippen LogP contribution is 2.38. The van der Waals surface area contributed by atoms with Crippen LogP contribution in [0.1, 0.15) is 20.8 Å². The van der Waals surface area contributed by atoms with Crippen molar-refractivity contribution in [1.82, 2.24) is 0 Å². The minimum atomic E-state index is -1.87. The third-order valence-corrected chi connectivity index (χ3v) is 7.78. The first-order valence-corrected chi connectivity index (χ1v) is 8.08. The van der Waals surface area contributed by atoms with Crippen molar-refractivity contribution >= 4 is 14.3 Å². The summed E-state index contributed by atoms with van der Waals surface area (Å²) in [4.78, 5) is 10.7. The fourth-order valence-corrected chi connectivity index (χ4v) is 2.45. The van der Waals surface area contributed by atoms with Crippen LogP contribution in [0.3, 0.4) is 0 Å². The summed E-state index contributed by atoms with van der Waals surface area (Å²) in [6, 6.07) is 0. The first-order valence-electron chi connectivity index (χ1n) is 5.17.